The van der Waals surface area contributed by atoms with Crippen LogP contribution in [0.3, 0.4) is 0 Å². The molecule has 1 aromatic rings. The predicted octanol–water partition coefficient (Wildman–Crippen LogP) is 2.74. The number of amides is 1. The predicted molar refractivity (Wildman–Crippen MR) is 61.8 cm³/mol. The van der Waals surface area contributed by atoms with E-state index >= 15 is 0 Å². The van der Waals surface area contributed by atoms with E-state index in [0.29, 0.717) is 0 Å². The van der Waals surface area contributed by atoms with E-state index in [0.717, 1.165) is 0 Å². The molecule has 0 unspecified atom stereocenters. The van der Waals surface area contributed by atoms with Crippen LogP contribution in [0.5, 0.6) is 0 Å². The van der Waals surface area contributed by atoms with E-state index in [4.69, 9.17) is 4.74 Å². The Hall–Kier alpha value is -1.42. The number of nitro groups is 1. The van der Waals surface area contributed by atoms with E-state index in [9.17, 15) is 14.9 Å². The van der Waals surface area contributed by atoms with Crippen LogP contribution in [0.2, 0.25) is 0 Å². The third-order valence-electron chi connectivity index (χ3n) is 1.67. The van der Waals surface area contributed by atoms with Crippen molar-refractivity contribution in [3.05, 3.63) is 34.4 Å². The molecule has 98 valence electrons. The molecule has 0 aliphatic heterocycles. The third kappa shape index (κ3) is 5.27. The molecule has 0 aliphatic carbocycles. The van der Waals surface area contributed by atoms with Gasteiger partial charge in [0.1, 0.15) is 5.60 Å². The maximum absolute atomic E-state index is 11.4. The number of ether oxygens (including phenoxy) is 1. The van der Waals surface area contributed by atoms with Crippen molar-refractivity contribution in [2.45, 2.75) is 26.4 Å². The monoisotopic (exact) mass is 421 g/mol. The van der Waals surface area contributed by atoms with Gasteiger partial charge in [-0.2, -0.15) is 12.1 Å². The minimum absolute atomic E-state index is 0. The van der Waals surface area contributed by atoms with Crippen LogP contribution in [0.4, 0.5) is 16.2 Å². The minimum atomic E-state index is -0.730. The zero-order valence-corrected chi connectivity index (χ0v) is 13.2. The molecule has 1 rings (SSSR count). The first-order valence-corrected chi connectivity index (χ1v) is 4.94. The van der Waals surface area contributed by atoms with Gasteiger partial charge in [0.15, 0.2) is 5.69 Å². The Morgan fingerprint density at radius 1 is 1.50 bits per heavy atom. The number of hydrogen-bond acceptors (Lipinski definition) is 4. The molecule has 0 radical (unpaired) electrons. The summed E-state index contributed by atoms with van der Waals surface area (Å²) >= 11 is 0. The Bertz CT molecular complexity index is 443. The van der Waals surface area contributed by atoms with E-state index < -0.39 is 16.6 Å². The molecule has 1 N–H and O–H groups in total. The van der Waals surface area contributed by atoms with Gasteiger partial charge in [0, 0.05) is 31.7 Å². The van der Waals surface area contributed by atoms with Crippen molar-refractivity contribution in [1.82, 2.24) is 0 Å². The molecule has 0 saturated carbocycles. The van der Waals surface area contributed by atoms with Crippen molar-refractivity contribution in [2.24, 2.45) is 0 Å². The number of anilines is 1. The number of nitrogens with zero attached hydrogens (tertiary/aromatic N) is 1. The Morgan fingerprint density at radius 2 is 2.11 bits per heavy atom. The van der Waals surface area contributed by atoms with E-state index in [1.165, 1.54) is 18.2 Å². The second-order valence-corrected chi connectivity index (χ2v) is 4.33. The topological polar surface area (TPSA) is 81.5 Å². The van der Waals surface area contributed by atoms with Crippen LogP contribution >= 0.6 is 0 Å². The summed E-state index contributed by atoms with van der Waals surface area (Å²) in [5, 5.41) is 13.0. The van der Waals surface area contributed by atoms with Gasteiger partial charge in [0.05, 0.1) is 0 Å². The first-order chi connectivity index (χ1) is 7.79. The molecule has 0 aliphatic rings. The van der Waals surface area contributed by atoms with Crippen LogP contribution in [-0.2, 0) is 25.8 Å². The number of nitro benzene ring substituents is 1. The summed E-state index contributed by atoms with van der Waals surface area (Å²) in [5.41, 5.74) is -0.791. The largest absolute Gasteiger partial charge is 0.444 e. The molecule has 1 aromatic carbocycles. The van der Waals surface area contributed by atoms with Crippen molar-refractivity contribution in [1.29, 1.82) is 0 Å². The van der Waals surface area contributed by atoms with Crippen LogP contribution in [0.25, 0.3) is 0 Å². The standard InChI is InChI=1S/C11H13N2O4.W/c1-11(2,3)17-10(14)12-8-6-4-5-7-9(8)13(15)16;/h4,6-7H,1-3H3,(H,12,14);/q-1;. The maximum Gasteiger partial charge on any atom is 0.410 e. The summed E-state index contributed by atoms with van der Waals surface area (Å²) in [4.78, 5) is 21.5. The zero-order valence-electron chi connectivity index (χ0n) is 10.2. The number of benzene rings is 1. The Kier molecular flexibility index (Phi) is 5.98. The molecule has 0 spiro atoms. The van der Waals surface area contributed by atoms with Gasteiger partial charge in [-0.25, -0.2) is 4.79 Å². The van der Waals surface area contributed by atoms with Gasteiger partial charge in [-0.15, -0.1) is 6.07 Å². The zero-order chi connectivity index (χ0) is 13.1. The van der Waals surface area contributed by atoms with Crippen molar-refractivity contribution >= 4 is 17.5 Å². The fraction of sp³-hybridized carbons (Fsp3) is 0.364. The summed E-state index contributed by atoms with van der Waals surface area (Å²) in [6.07, 6.45) is -0.730. The molecule has 0 heterocycles. The number of nitrogens with one attached hydrogen (secondary N) is 1. The van der Waals surface area contributed by atoms with Crippen molar-refractivity contribution in [3.8, 4) is 0 Å². The first-order valence-electron chi connectivity index (χ1n) is 4.94. The van der Waals surface area contributed by atoms with E-state index in [-0.39, 0.29) is 32.4 Å². The van der Waals surface area contributed by atoms with Crippen LogP contribution < -0.4 is 5.32 Å². The minimum Gasteiger partial charge on any atom is -0.444 e. The molecule has 0 fully saturated rings. The quantitative estimate of drug-likeness (QED) is 0.453. The molecule has 6 nitrogen and oxygen atoms in total. The first kappa shape index (κ1) is 16.6. The van der Waals surface area contributed by atoms with E-state index in [1.54, 1.807) is 20.8 Å². The van der Waals surface area contributed by atoms with Crippen LogP contribution in [0.15, 0.2) is 18.2 Å². The SMILES string of the molecule is CC(C)(C)OC(=O)Nc1cc[c-]cc1[N+](=O)[O-].[W]. The number of rotatable bonds is 2. The molecule has 0 aromatic heterocycles. The van der Waals surface area contributed by atoms with E-state index in [2.05, 4.69) is 11.4 Å². The van der Waals surface area contributed by atoms with Crippen LogP contribution in [0.1, 0.15) is 20.8 Å². The second kappa shape index (κ2) is 6.49. The number of carbonyl (C=O) groups excluding carboxylic acids is 1. The molecular weight excluding hydrogens is 408 g/mol. The van der Waals surface area contributed by atoms with Gasteiger partial charge in [-0.05, 0) is 20.8 Å². The summed E-state index contributed by atoms with van der Waals surface area (Å²) in [6, 6.07) is 6.62. The Morgan fingerprint density at radius 3 is 2.61 bits per heavy atom. The molecule has 7 heteroatoms. The third-order valence-corrected chi connectivity index (χ3v) is 1.67. The van der Waals surface area contributed by atoms with Crippen LogP contribution in [-0.4, -0.2) is 16.6 Å². The fourth-order valence-corrected chi connectivity index (χ4v) is 1.09. The number of hydrogen-bond donors (Lipinski definition) is 1. The smallest absolute Gasteiger partial charge is 0.410 e. The fourth-order valence-electron chi connectivity index (χ4n) is 1.09. The van der Waals surface area contributed by atoms with Crippen molar-refractivity contribution < 1.29 is 35.5 Å². The van der Waals surface area contributed by atoms with Crippen LogP contribution in [0, 0.1) is 16.2 Å². The molecule has 0 saturated heterocycles. The van der Waals surface area contributed by atoms with Gasteiger partial charge in [-0.1, -0.05) is 6.07 Å². The van der Waals surface area contributed by atoms with Gasteiger partial charge >= 0.3 is 6.09 Å². The molecule has 0 bridgehead atoms. The van der Waals surface area contributed by atoms with Gasteiger partial charge in [0.25, 0.3) is 0 Å². The van der Waals surface area contributed by atoms with Crippen molar-refractivity contribution in [2.75, 3.05) is 5.32 Å². The summed E-state index contributed by atoms with van der Waals surface area (Å²) in [6.45, 7) is 5.12. The van der Waals surface area contributed by atoms with E-state index in [1.807, 2.05) is 0 Å². The molecule has 18 heavy (non-hydrogen) atoms. The average Bonchev–Trinajstić information content (AvgIpc) is 2.14. The molecular formula is C11H13N2O4W-. The molecule has 1 amide bonds. The molecule has 0 atom stereocenters. The summed E-state index contributed by atoms with van der Waals surface area (Å²) in [7, 11) is 0. The number of carbonyl (C=O) groups is 1. The summed E-state index contributed by atoms with van der Waals surface area (Å²) < 4.78 is 4.99. The van der Waals surface area contributed by atoms with Gasteiger partial charge < -0.3 is 10.1 Å². The second-order valence-electron chi connectivity index (χ2n) is 4.33. The Balaban J connectivity index is 0.00000289. The average molecular weight is 421 g/mol. The normalized spacial score (nSPS) is 10.2. The Labute approximate surface area is 119 Å². The maximum atomic E-state index is 11.4. The van der Waals surface area contributed by atoms with Gasteiger partial charge in [-0.3, -0.25) is 10.1 Å². The van der Waals surface area contributed by atoms with Crippen molar-refractivity contribution in [3.63, 3.8) is 0 Å². The van der Waals surface area contributed by atoms with Gasteiger partial charge in [0.2, 0.25) is 0 Å². The summed E-state index contributed by atoms with van der Waals surface area (Å²) in [5.74, 6) is 0.